The molecule has 3 heteroatoms. The monoisotopic (exact) mass is 283 g/mol. The van der Waals surface area contributed by atoms with Crippen LogP contribution in [0.15, 0.2) is 54.6 Å². The molecule has 0 amide bonds. The molecule has 0 aliphatic carbocycles. The normalized spacial score (nSPS) is 12.3. The summed E-state index contributed by atoms with van der Waals surface area (Å²) in [5.74, 6) is -0.891. The molecule has 0 saturated carbocycles. The van der Waals surface area contributed by atoms with Gasteiger partial charge in [-0.25, -0.2) is 4.79 Å². The first kappa shape index (κ1) is 15.3. The summed E-state index contributed by atoms with van der Waals surface area (Å²) in [5.41, 5.74) is 2.69. The molecule has 1 unspecified atom stereocenters. The first-order valence-corrected chi connectivity index (χ1v) is 7.19. The lowest BCUT2D eigenvalue weighted by Crippen LogP contribution is -2.29. The van der Waals surface area contributed by atoms with E-state index in [1.807, 2.05) is 30.3 Å². The minimum absolute atomic E-state index is 0.176. The summed E-state index contributed by atoms with van der Waals surface area (Å²) in [5, 5.41) is 12.5. The van der Waals surface area contributed by atoms with E-state index in [1.54, 1.807) is 12.1 Å². The van der Waals surface area contributed by atoms with Crippen molar-refractivity contribution in [2.75, 3.05) is 0 Å². The molecule has 0 radical (unpaired) electrons. The zero-order valence-electron chi connectivity index (χ0n) is 12.4. The first-order chi connectivity index (χ1) is 10.1. The highest BCUT2D eigenvalue weighted by atomic mass is 16.4. The number of benzene rings is 2. The number of carbonyl (C=O) groups is 1. The fraction of sp³-hybridized carbons (Fsp3) is 0.278. The molecule has 0 bridgehead atoms. The Hall–Kier alpha value is -2.13. The molecule has 0 saturated heterocycles. The number of carboxylic acid groups (broad SMARTS) is 1. The van der Waals surface area contributed by atoms with Gasteiger partial charge in [-0.2, -0.15) is 0 Å². The fourth-order valence-electron chi connectivity index (χ4n) is 2.38. The largest absolute Gasteiger partial charge is 0.478 e. The Bertz CT molecular complexity index is 576. The minimum atomic E-state index is -0.891. The molecule has 0 aliphatic rings. The topological polar surface area (TPSA) is 49.3 Å². The second kappa shape index (κ2) is 7.04. The predicted octanol–water partition coefficient (Wildman–Crippen LogP) is 3.67. The van der Waals surface area contributed by atoms with Crippen LogP contribution in [0.3, 0.4) is 0 Å². The van der Waals surface area contributed by atoms with Crippen LogP contribution in [0.5, 0.6) is 0 Å². The number of hydrogen-bond donors (Lipinski definition) is 2. The lowest BCUT2D eigenvalue weighted by atomic mass is 9.97. The van der Waals surface area contributed by atoms with Crippen molar-refractivity contribution in [1.82, 2.24) is 5.32 Å². The Kier molecular flexibility index (Phi) is 5.12. The van der Waals surface area contributed by atoms with Crippen LogP contribution in [0.25, 0.3) is 0 Å². The van der Waals surface area contributed by atoms with Crippen molar-refractivity contribution in [2.24, 2.45) is 0 Å². The van der Waals surface area contributed by atoms with Crippen molar-refractivity contribution in [1.29, 1.82) is 0 Å². The van der Waals surface area contributed by atoms with Gasteiger partial charge in [-0.05, 0) is 29.7 Å². The van der Waals surface area contributed by atoms with Gasteiger partial charge in [-0.15, -0.1) is 0 Å². The van der Waals surface area contributed by atoms with Crippen molar-refractivity contribution >= 4 is 5.97 Å². The van der Waals surface area contributed by atoms with Crippen molar-refractivity contribution in [3.05, 3.63) is 71.3 Å². The molecule has 3 nitrogen and oxygen atoms in total. The lowest BCUT2D eigenvalue weighted by molar-refractivity contribution is 0.0697. The second-order valence-electron chi connectivity index (χ2n) is 5.49. The standard InChI is InChI=1S/C18H21NO2/c1-13(2)19-17(12-14-6-4-3-5-7-14)15-8-10-16(11-9-15)18(20)21/h3-11,13,17,19H,12H2,1-2H3,(H,20,21). The maximum absolute atomic E-state index is 10.9. The number of carboxylic acids is 1. The molecule has 0 aliphatic heterocycles. The van der Waals surface area contributed by atoms with Gasteiger partial charge < -0.3 is 10.4 Å². The molecule has 0 spiro atoms. The summed E-state index contributed by atoms with van der Waals surface area (Å²) in [7, 11) is 0. The summed E-state index contributed by atoms with van der Waals surface area (Å²) < 4.78 is 0. The fourth-order valence-corrected chi connectivity index (χ4v) is 2.38. The van der Waals surface area contributed by atoms with Gasteiger partial charge in [0, 0.05) is 12.1 Å². The summed E-state index contributed by atoms with van der Waals surface area (Å²) in [6.07, 6.45) is 0.880. The van der Waals surface area contributed by atoms with Crippen molar-refractivity contribution in [3.8, 4) is 0 Å². The second-order valence-corrected chi connectivity index (χ2v) is 5.49. The van der Waals surface area contributed by atoms with E-state index in [-0.39, 0.29) is 6.04 Å². The van der Waals surface area contributed by atoms with Gasteiger partial charge in [0.05, 0.1) is 5.56 Å². The molecule has 0 aromatic heterocycles. The van der Waals surface area contributed by atoms with Crippen LogP contribution in [-0.2, 0) is 6.42 Å². The molecule has 1 atom stereocenters. The lowest BCUT2D eigenvalue weighted by Gasteiger charge is -2.22. The van der Waals surface area contributed by atoms with Crippen LogP contribution in [0, 0.1) is 0 Å². The SMILES string of the molecule is CC(C)NC(Cc1ccccc1)c1ccc(C(=O)O)cc1. The van der Waals surface area contributed by atoms with Crippen molar-refractivity contribution < 1.29 is 9.90 Å². The minimum Gasteiger partial charge on any atom is -0.478 e. The van der Waals surface area contributed by atoms with Gasteiger partial charge in [0.2, 0.25) is 0 Å². The number of hydrogen-bond acceptors (Lipinski definition) is 2. The smallest absolute Gasteiger partial charge is 0.335 e. The molecule has 2 aromatic carbocycles. The average molecular weight is 283 g/mol. The Labute approximate surface area is 125 Å². The van der Waals surface area contributed by atoms with E-state index >= 15 is 0 Å². The van der Waals surface area contributed by atoms with Crippen LogP contribution in [-0.4, -0.2) is 17.1 Å². The predicted molar refractivity (Wildman–Crippen MR) is 84.6 cm³/mol. The molecular weight excluding hydrogens is 262 g/mol. The van der Waals surface area contributed by atoms with E-state index in [2.05, 4.69) is 31.3 Å². The maximum atomic E-state index is 10.9. The molecule has 2 rings (SSSR count). The van der Waals surface area contributed by atoms with Crippen LogP contribution >= 0.6 is 0 Å². The molecule has 2 aromatic rings. The Balaban J connectivity index is 2.21. The Morgan fingerprint density at radius 1 is 1.05 bits per heavy atom. The van der Waals surface area contributed by atoms with Crippen molar-refractivity contribution in [3.63, 3.8) is 0 Å². The van der Waals surface area contributed by atoms with Crippen LogP contribution in [0.4, 0.5) is 0 Å². The molecule has 0 fully saturated rings. The summed E-state index contributed by atoms with van der Waals surface area (Å²) in [6, 6.07) is 18.0. The Morgan fingerprint density at radius 2 is 1.67 bits per heavy atom. The number of rotatable bonds is 6. The van der Waals surface area contributed by atoms with Gasteiger partial charge >= 0.3 is 5.97 Å². The quantitative estimate of drug-likeness (QED) is 0.850. The highest BCUT2D eigenvalue weighted by molar-refractivity contribution is 5.87. The van der Waals surface area contributed by atoms with E-state index in [0.717, 1.165) is 12.0 Å². The third-order valence-electron chi connectivity index (χ3n) is 3.38. The van der Waals surface area contributed by atoms with Crippen LogP contribution in [0.2, 0.25) is 0 Å². The highest BCUT2D eigenvalue weighted by Gasteiger charge is 2.14. The van der Waals surface area contributed by atoms with Crippen LogP contribution in [0.1, 0.15) is 41.4 Å². The zero-order chi connectivity index (χ0) is 15.2. The van der Waals surface area contributed by atoms with E-state index in [9.17, 15) is 4.79 Å². The zero-order valence-corrected chi connectivity index (χ0v) is 12.4. The highest BCUT2D eigenvalue weighted by Crippen LogP contribution is 2.20. The summed E-state index contributed by atoms with van der Waals surface area (Å²) >= 11 is 0. The average Bonchev–Trinajstić information content (AvgIpc) is 2.47. The van der Waals surface area contributed by atoms with E-state index in [4.69, 9.17) is 5.11 Å². The molecular formula is C18H21NO2. The van der Waals surface area contributed by atoms with Crippen molar-refractivity contribution in [2.45, 2.75) is 32.4 Å². The molecule has 2 N–H and O–H groups in total. The van der Waals surface area contributed by atoms with E-state index in [0.29, 0.717) is 11.6 Å². The first-order valence-electron chi connectivity index (χ1n) is 7.19. The third-order valence-corrected chi connectivity index (χ3v) is 3.38. The maximum Gasteiger partial charge on any atom is 0.335 e. The third kappa shape index (κ3) is 4.43. The summed E-state index contributed by atoms with van der Waals surface area (Å²) in [6.45, 7) is 4.23. The van der Waals surface area contributed by atoms with Gasteiger partial charge in [-0.3, -0.25) is 0 Å². The van der Waals surface area contributed by atoms with Gasteiger partial charge in [0.25, 0.3) is 0 Å². The van der Waals surface area contributed by atoms with Gasteiger partial charge in [-0.1, -0.05) is 56.3 Å². The number of nitrogens with one attached hydrogen (secondary N) is 1. The van der Waals surface area contributed by atoms with Gasteiger partial charge in [0.15, 0.2) is 0 Å². The summed E-state index contributed by atoms with van der Waals surface area (Å²) in [4.78, 5) is 10.9. The van der Waals surface area contributed by atoms with E-state index < -0.39 is 5.97 Å². The van der Waals surface area contributed by atoms with E-state index in [1.165, 1.54) is 5.56 Å². The molecule has 21 heavy (non-hydrogen) atoms. The molecule has 0 heterocycles. The van der Waals surface area contributed by atoms with Crippen LogP contribution < -0.4 is 5.32 Å². The number of aromatic carboxylic acids is 1. The molecule has 110 valence electrons. The van der Waals surface area contributed by atoms with Gasteiger partial charge in [0.1, 0.15) is 0 Å². The Morgan fingerprint density at radius 3 is 2.19 bits per heavy atom.